The van der Waals surface area contributed by atoms with E-state index in [1.54, 1.807) is 17.7 Å². The predicted molar refractivity (Wildman–Crippen MR) is 102 cm³/mol. The van der Waals surface area contributed by atoms with Gasteiger partial charge in [-0.2, -0.15) is 9.47 Å². The van der Waals surface area contributed by atoms with Crippen LogP contribution in [0.25, 0.3) is 16.9 Å². The second kappa shape index (κ2) is 6.89. The van der Waals surface area contributed by atoms with Crippen molar-refractivity contribution in [3.63, 3.8) is 0 Å². The molecule has 0 unspecified atom stereocenters. The zero-order valence-corrected chi connectivity index (χ0v) is 14.8. The molecule has 2 aromatic heterocycles. The summed E-state index contributed by atoms with van der Waals surface area (Å²) in [4.78, 5) is 16.8. The Kier molecular flexibility index (Phi) is 4.28. The Morgan fingerprint density at radius 2 is 1.73 bits per heavy atom. The number of anilines is 1. The summed E-state index contributed by atoms with van der Waals surface area (Å²) in [7, 11) is 0. The Hall–Kier alpha value is -3.32. The summed E-state index contributed by atoms with van der Waals surface area (Å²) in [6, 6.07) is 21.4. The molecule has 7 heteroatoms. The minimum absolute atomic E-state index is 0.312. The first-order valence-electron chi connectivity index (χ1n) is 8.03. The standard InChI is InChI=1S/C19H15N5OS/c1-13-20-19(26-23-13)21-18(25)16-12-17(14-8-4-2-5-9-14)24(22-16)15-10-6-3-7-11-15/h2-12H,1H3,(H,20,21,23,25). The third kappa shape index (κ3) is 3.25. The number of nitrogens with zero attached hydrogens (tertiary/aromatic N) is 4. The van der Waals surface area contributed by atoms with Crippen molar-refractivity contribution in [3.05, 3.63) is 78.2 Å². The summed E-state index contributed by atoms with van der Waals surface area (Å²) in [5, 5.41) is 7.73. The van der Waals surface area contributed by atoms with Gasteiger partial charge in [0.15, 0.2) is 5.69 Å². The van der Waals surface area contributed by atoms with Crippen LogP contribution in [-0.4, -0.2) is 25.0 Å². The molecule has 0 bridgehead atoms. The molecule has 0 aliphatic rings. The fourth-order valence-corrected chi connectivity index (χ4v) is 3.15. The highest BCUT2D eigenvalue weighted by Gasteiger charge is 2.17. The van der Waals surface area contributed by atoms with Gasteiger partial charge < -0.3 is 0 Å². The number of hydrogen-bond donors (Lipinski definition) is 1. The summed E-state index contributed by atoms with van der Waals surface area (Å²) in [5.74, 6) is 0.318. The summed E-state index contributed by atoms with van der Waals surface area (Å²) in [6.07, 6.45) is 0. The first-order chi connectivity index (χ1) is 12.7. The van der Waals surface area contributed by atoms with Crippen LogP contribution in [0.4, 0.5) is 5.13 Å². The van der Waals surface area contributed by atoms with Crippen molar-refractivity contribution in [2.24, 2.45) is 0 Å². The van der Waals surface area contributed by atoms with Gasteiger partial charge in [-0.25, -0.2) is 9.67 Å². The Labute approximate surface area is 154 Å². The first-order valence-corrected chi connectivity index (χ1v) is 8.80. The molecule has 0 spiro atoms. The Bertz CT molecular complexity index is 983. The third-order valence-corrected chi connectivity index (χ3v) is 4.48. The number of carbonyl (C=O) groups excluding carboxylic acids is 1. The topological polar surface area (TPSA) is 72.7 Å². The lowest BCUT2D eigenvalue weighted by atomic mass is 10.1. The number of rotatable bonds is 4. The zero-order valence-electron chi connectivity index (χ0n) is 14.0. The van der Waals surface area contributed by atoms with Gasteiger partial charge in [0.2, 0.25) is 5.13 Å². The van der Waals surface area contributed by atoms with Gasteiger partial charge >= 0.3 is 0 Å². The number of hydrogen-bond acceptors (Lipinski definition) is 5. The van der Waals surface area contributed by atoms with Gasteiger partial charge in [0.25, 0.3) is 5.91 Å². The van der Waals surface area contributed by atoms with Crippen LogP contribution in [0, 0.1) is 6.92 Å². The molecule has 0 aliphatic heterocycles. The lowest BCUT2D eigenvalue weighted by Gasteiger charge is -2.07. The lowest BCUT2D eigenvalue weighted by molar-refractivity contribution is 0.102. The molecule has 4 rings (SSSR count). The Balaban J connectivity index is 1.75. The third-order valence-electron chi connectivity index (χ3n) is 3.76. The number of nitrogens with one attached hydrogen (secondary N) is 1. The van der Waals surface area contributed by atoms with Gasteiger partial charge in [-0.1, -0.05) is 48.5 Å². The number of para-hydroxylation sites is 1. The van der Waals surface area contributed by atoms with E-state index in [-0.39, 0.29) is 5.91 Å². The largest absolute Gasteiger partial charge is 0.295 e. The van der Waals surface area contributed by atoms with Crippen molar-refractivity contribution in [2.75, 3.05) is 5.32 Å². The van der Waals surface area contributed by atoms with Crippen LogP contribution < -0.4 is 5.32 Å². The average molecular weight is 361 g/mol. The van der Waals surface area contributed by atoms with E-state index < -0.39 is 0 Å². The first kappa shape index (κ1) is 16.2. The van der Waals surface area contributed by atoms with Crippen LogP contribution in [0.2, 0.25) is 0 Å². The van der Waals surface area contributed by atoms with Crippen molar-refractivity contribution < 1.29 is 4.79 Å². The zero-order chi connectivity index (χ0) is 17.9. The molecule has 128 valence electrons. The molecule has 0 aliphatic carbocycles. The number of aromatic nitrogens is 4. The maximum Gasteiger partial charge on any atom is 0.278 e. The molecule has 0 saturated carbocycles. The van der Waals surface area contributed by atoms with E-state index >= 15 is 0 Å². The fourth-order valence-electron chi connectivity index (χ4n) is 2.58. The molecular weight excluding hydrogens is 346 g/mol. The highest BCUT2D eigenvalue weighted by Crippen LogP contribution is 2.24. The summed E-state index contributed by atoms with van der Waals surface area (Å²) >= 11 is 1.15. The molecule has 0 fully saturated rings. The van der Waals surface area contributed by atoms with E-state index in [4.69, 9.17) is 0 Å². The van der Waals surface area contributed by atoms with E-state index in [9.17, 15) is 4.79 Å². The fraction of sp³-hybridized carbons (Fsp3) is 0.0526. The highest BCUT2D eigenvalue weighted by molar-refractivity contribution is 7.09. The summed E-state index contributed by atoms with van der Waals surface area (Å²) < 4.78 is 5.84. The smallest absolute Gasteiger partial charge is 0.278 e. The SMILES string of the molecule is Cc1nsc(NC(=O)c2cc(-c3ccccc3)n(-c3ccccc3)n2)n1. The number of aryl methyl sites for hydroxylation is 1. The summed E-state index contributed by atoms with van der Waals surface area (Å²) in [5.41, 5.74) is 3.03. The van der Waals surface area contributed by atoms with Crippen LogP contribution in [-0.2, 0) is 0 Å². The van der Waals surface area contributed by atoms with Gasteiger partial charge in [0.1, 0.15) is 5.82 Å². The van der Waals surface area contributed by atoms with Gasteiger partial charge in [0, 0.05) is 17.1 Å². The quantitative estimate of drug-likeness (QED) is 0.597. The second-order valence-electron chi connectivity index (χ2n) is 5.63. The monoisotopic (exact) mass is 361 g/mol. The molecule has 0 atom stereocenters. The van der Waals surface area contributed by atoms with E-state index in [1.807, 2.05) is 60.7 Å². The molecule has 4 aromatic rings. The van der Waals surface area contributed by atoms with Crippen LogP contribution in [0.1, 0.15) is 16.3 Å². The number of carbonyl (C=O) groups is 1. The molecule has 1 N–H and O–H groups in total. The number of amides is 1. The normalized spacial score (nSPS) is 10.7. The van der Waals surface area contributed by atoms with Crippen molar-refractivity contribution in [3.8, 4) is 16.9 Å². The molecule has 0 radical (unpaired) electrons. The number of benzene rings is 2. The van der Waals surface area contributed by atoms with Gasteiger partial charge in [-0.15, -0.1) is 0 Å². The van der Waals surface area contributed by atoms with Crippen LogP contribution in [0.3, 0.4) is 0 Å². The van der Waals surface area contributed by atoms with Crippen LogP contribution in [0.5, 0.6) is 0 Å². The van der Waals surface area contributed by atoms with E-state index in [0.29, 0.717) is 16.6 Å². The van der Waals surface area contributed by atoms with Gasteiger partial charge in [-0.05, 0) is 25.1 Å². The second-order valence-corrected chi connectivity index (χ2v) is 6.38. The summed E-state index contributed by atoms with van der Waals surface area (Å²) in [6.45, 7) is 1.78. The van der Waals surface area contributed by atoms with Crippen molar-refractivity contribution >= 4 is 22.6 Å². The Morgan fingerprint density at radius 3 is 2.38 bits per heavy atom. The van der Waals surface area contributed by atoms with Crippen LogP contribution >= 0.6 is 11.5 Å². The van der Waals surface area contributed by atoms with Gasteiger partial charge in [-0.3, -0.25) is 10.1 Å². The molecule has 0 saturated heterocycles. The minimum atomic E-state index is -0.312. The maximum atomic E-state index is 12.6. The highest BCUT2D eigenvalue weighted by atomic mass is 32.1. The van der Waals surface area contributed by atoms with Crippen LogP contribution in [0.15, 0.2) is 66.7 Å². The molecule has 26 heavy (non-hydrogen) atoms. The molecule has 1 amide bonds. The Morgan fingerprint density at radius 1 is 1.04 bits per heavy atom. The molecule has 2 aromatic carbocycles. The minimum Gasteiger partial charge on any atom is -0.295 e. The van der Waals surface area contributed by atoms with Gasteiger partial charge in [0.05, 0.1) is 11.4 Å². The van der Waals surface area contributed by atoms with E-state index in [1.165, 1.54) is 0 Å². The lowest BCUT2D eigenvalue weighted by Crippen LogP contribution is -2.13. The van der Waals surface area contributed by atoms with Crippen molar-refractivity contribution in [2.45, 2.75) is 6.92 Å². The average Bonchev–Trinajstić information content (AvgIpc) is 3.30. The molecule has 6 nitrogen and oxygen atoms in total. The predicted octanol–water partition coefficient (Wildman–Crippen LogP) is 3.95. The maximum absolute atomic E-state index is 12.6. The van der Waals surface area contributed by atoms with Crippen molar-refractivity contribution in [1.82, 2.24) is 19.1 Å². The van der Waals surface area contributed by atoms with E-state index in [2.05, 4.69) is 19.8 Å². The van der Waals surface area contributed by atoms with Crippen molar-refractivity contribution in [1.29, 1.82) is 0 Å². The molecular formula is C19H15N5OS. The molecule has 2 heterocycles. The van der Waals surface area contributed by atoms with E-state index in [0.717, 1.165) is 28.5 Å².